The molecule has 1 aromatic heterocycles. The fraction of sp³-hybridized carbons (Fsp3) is 0.667. The fourth-order valence-electron chi connectivity index (χ4n) is 2.88. The van der Waals surface area contributed by atoms with Crippen molar-refractivity contribution < 1.29 is 0 Å². The second-order valence-corrected chi connectivity index (χ2v) is 6.18. The van der Waals surface area contributed by atoms with Crippen molar-refractivity contribution in [1.82, 2.24) is 4.98 Å². The highest BCUT2D eigenvalue weighted by Gasteiger charge is 2.29. The van der Waals surface area contributed by atoms with Crippen LogP contribution in [-0.4, -0.2) is 18.1 Å². The minimum atomic E-state index is 0.513. The third-order valence-corrected chi connectivity index (χ3v) is 4.30. The summed E-state index contributed by atoms with van der Waals surface area (Å²) in [7, 11) is 2.18. The van der Waals surface area contributed by atoms with E-state index in [0.29, 0.717) is 18.0 Å². The molecule has 1 fully saturated rings. The quantitative estimate of drug-likeness (QED) is 0.893. The van der Waals surface area contributed by atoms with Gasteiger partial charge in [0.2, 0.25) is 0 Å². The van der Waals surface area contributed by atoms with Gasteiger partial charge in [-0.1, -0.05) is 13.8 Å². The molecule has 3 nitrogen and oxygen atoms in total. The van der Waals surface area contributed by atoms with Gasteiger partial charge in [0.15, 0.2) is 0 Å². The molecule has 3 heteroatoms. The molecule has 0 aliphatic heterocycles. The van der Waals surface area contributed by atoms with Gasteiger partial charge in [-0.3, -0.25) is 4.98 Å². The third-order valence-electron chi connectivity index (χ3n) is 4.30. The van der Waals surface area contributed by atoms with Gasteiger partial charge in [-0.2, -0.15) is 0 Å². The van der Waals surface area contributed by atoms with Crippen LogP contribution < -0.4 is 10.6 Å². The summed E-state index contributed by atoms with van der Waals surface area (Å²) >= 11 is 0. The van der Waals surface area contributed by atoms with Crippen molar-refractivity contribution in [3.05, 3.63) is 24.0 Å². The van der Waals surface area contributed by atoms with Crippen molar-refractivity contribution in [1.29, 1.82) is 0 Å². The zero-order valence-electron chi connectivity index (χ0n) is 11.8. The van der Waals surface area contributed by atoms with Gasteiger partial charge in [0.25, 0.3) is 0 Å². The van der Waals surface area contributed by atoms with Crippen LogP contribution in [0.4, 0.5) is 5.69 Å². The van der Waals surface area contributed by atoms with Crippen molar-refractivity contribution in [3.63, 3.8) is 0 Å². The van der Waals surface area contributed by atoms with Crippen LogP contribution >= 0.6 is 0 Å². The topological polar surface area (TPSA) is 42.2 Å². The lowest BCUT2D eigenvalue weighted by molar-refractivity contribution is 0.222. The monoisotopic (exact) mass is 247 g/mol. The molecule has 0 radical (unpaired) electrons. The predicted molar refractivity (Wildman–Crippen MR) is 76.6 cm³/mol. The SMILES string of the molecule is CN(c1cccnc1CN)C1CCC(C)(C)CC1. The molecule has 0 unspecified atom stereocenters. The number of nitrogens with two attached hydrogens (primary N) is 1. The number of hydrogen-bond acceptors (Lipinski definition) is 3. The van der Waals surface area contributed by atoms with E-state index in [1.807, 2.05) is 12.3 Å². The maximum atomic E-state index is 5.77. The predicted octanol–water partition coefficient (Wildman–Crippen LogP) is 2.95. The number of aromatic nitrogens is 1. The molecule has 1 saturated carbocycles. The highest BCUT2D eigenvalue weighted by Crippen LogP contribution is 2.37. The lowest BCUT2D eigenvalue weighted by Gasteiger charge is -2.40. The average Bonchev–Trinajstić information content (AvgIpc) is 2.38. The molecule has 1 heterocycles. The summed E-state index contributed by atoms with van der Waals surface area (Å²) in [5, 5.41) is 0. The molecule has 1 aromatic rings. The average molecular weight is 247 g/mol. The summed E-state index contributed by atoms with van der Waals surface area (Å²) in [6.45, 7) is 5.26. The van der Waals surface area contributed by atoms with Crippen LogP contribution in [0.2, 0.25) is 0 Å². The molecule has 0 spiro atoms. The number of anilines is 1. The molecule has 2 N–H and O–H groups in total. The van der Waals surface area contributed by atoms with Crippen molar-refractivity contribution >= 4 is 5.69 Å². The smallest absolute Gasteiger partial charge is 0.0772 e. The molecule has 100 valence electrons. The van der Waals surface area contributed by atoms with Crippen LogP contribution in [0.25, 0.3) is 0 Å². The summed E-state index contributed by atoms with van der Waals surface area (Å²) in [5.74, 6) is 0. The minimum Gasteiger partial charge on any atom is -0.370 e. The van der Waals surface area contributed by atoms with Crippen molar-refractivity contribution in [2.45, 2.75) is 52.1 Å². The number of nitrogens with zero attached hydrogens (tertiary/aromatic N) is 2. The van der Waals surface area contributed by atoms with Gasteiger partial charge in [0, 0.05) is 25.8 Å². The first-order valence-electron chi connectivity index (χ1n) is 6.90. The Kier molecular flexibility index (Phi) is 3.91. The summed E-state index contributed by atoms with van der Waals surface area (Å²) in [6, 6.07) is 4.76. The van der Waals surface area contributed by atoms with E-state index in [-0.39, 0.29) is 0 Å². The maximum Gasteiger partial charge on any atom is 0.0772 e. The van der Waals surface area contributed by atoms with E-state index < -0.39 is 0 Å². The van der Waals surface area contributed by atoms with Crippen LogP contribution in [-0.2, 0) is 6.54 Å². The highest BCUT2D eigenvalue weighted by atomic mass is 15.1. The molecule has 0 amide bonds. The first-order chi connectivity index (χ1) is 8.53. The van der Waals surface area contributed by atoms with E-state index in [0.717, 1.165) is 5.69 Å². The second kappa shape index (κ2) is 5.27. The standard InChI is InChI=1S/C15H25N3/c1-15(2)8-6-12(7-9-15)18(3)14-5-4-10-17-13(14)11-16/h4-5,10,12H,6-9,11,16H2,1-3H3. The lowest BCUT2D eigenvalue weighted by atomic mass is 9.75. The third kappa shape index (κ3) is 2.83. The van der Waals surface area contributed by atoms with Crippen LogP contribution in [0.3, 0.4) is 0 Å². The normalized spacial score (nSPS) is 19.8. The lowest BCUT2D eigenvalue weighted by Crippen LogP contribution is -2.37. The van der Waals surface area contributed by atoms with E-state index in [1.165, 1.54) is 31.4 Å². The Bertz CT molecular complexity index is 390. The molecule has 0 saturated heterocycles. The van der Waals surface area contributed by atoms with E-state index >= 15 is 0 Å². The van der Waals surface area contributed by atoms with Gasteiger partial charge in [-0.25, -0.2) is 0 Å². The van der Waals surface area contributed by atoms with Crippen LogP contribution in [0, 0.1) is 5.41 Å². The Balaban J connectivity index is 2.10. The van der Waals surface area contributed by atoms with Gasteiger partial charge in [-0.05, 0) is 43.2 Å². The Morgan fingerprint density at radius 2 is 2.06 bits per heavy atom. The number of pyridine rings is 1. The van der Waals surface area contributed by atoms with Gasteiger partial charge in [-0.15, -0.1) is 0 Å². The molecule has 1 aliphatic carbocycles. The fourth-order valence-corrected chi connectivity index (χ4v) is 2.88. The van der Waals surface area contributed by atoms with Gasteiger partial charge in [0.05, 0.1) is 11.4 Å². The largest absolute Gasteiger partial charge is 0.370 e. The summed E-state index contributed by atoms with van der Waals surface area (Å²) in [6.07, 6.45) is 6.97. The van der Waals surface area contributed by atoms with Crippen molar-refractivity contribution in [3.8, 4) is 0 Å². The first kappa shape index (κ1) is 13.3. The van der Waals surface area contributed by atoms with Crippen LogP contribution in [0.5, 0.6) is 0 Å². The molecule has 18 heavy (non-hydrogen) atoms. The molecule has 0 aromatic carbocycles. The van der Waals surface area contributed by atoms with E-state index in [2.05, 4.69) is 36.8 Å². The molecule has 1 aliphatic rings. The summed E-state index contributed by atoms with van der Waals surface area (Å²) in [4.78, 5) is 6.75. The Morgan fingerprint density at radius 3 is 2.67 bits per heavy atom. The second-order valence-electron chi connectivity index (χ2n) is 6.18. The van der Waals surface area contributed by atoms with E-state index in [1.54, 1.807) is 0 Å². The number of hydrogen-bond donors (Lipinski definition) is 1. The molecular formula is C15H25N3. The Morgan fingerprint density at radius 1 is 1.39 bits per heavy atom. The molecule has 0 bridgehead atoms. The van der Waals surface area contributed by atoms with E-state index in [9.17, 15) is 0 Å². The van der Waals surface area contributed by atoms with Crippen LogP contribution in [0.15, 0.2) is 18.3 Å². The van der Waals surface area contributed by atoms with Crippen LogP contribution in [0.1, 0.15) is 45.2 Å². The maximum absolute atomic E-state index is 5.77. The zero-order valence-corrected chi connectivity index (χ0v) is 11.8. The molecular weight excluding hydrogens is 222 g/mol. The Labute approximate surface area is 110 Å². The van der Waals surface area contributed by atoms with E-state index in [4.69, 9.17) is 5.73 Å². The van der Waals surface area contributed by atoms with Gasteiger partial charge >= 0.3 is 0 Å². The summed E-state index contributed by atoms with van der Waals surface area (Å²) < 4.78 is 0. The minimum absolute atomic E-state index is 0.513. The first-order valence-corrected chi connectivity index (χ1v) is 6.90. The van der Waals surface area contributed by atoms with Gasteiger partial charge < -0.3 is 10.6 Å². The Hall–Kier alpha value is -1.09. The van der Waals surface area contributed by atoms with Crippen molar-refractivity contribution in [2.24, 2.45) is 11.1 Å². The zero-order chi connectivity index (χ0) is 13.2. The highest BCUT2D eigenvalue weighted by molar-refractivity contribution is 5.50. The molecule has 0 atom stereocenters. The van der Waals surface area contributed by atoms with Crippen molar-refractivity contribution in [2.75, 3.05) is 11.9 Å². The number of rotatable bonds is 3. The summed E-state index contributed by atoms with van der Waals surface area (Å²) in [5.41, 5.74) is 8.49. The molecule has 2 rings (SSSR count). The van der Waals surface area contributed by atoms with Gasteiger partial charge in [0.1, 0.15) is 0 Å².